The highest BCUT2D eigenvalue weighted by Gasteiger charge is 2.38. The van der Waals surface area contributed by atoms with E-state index in [9.17, 15) is 54.6 Å². The summed E-state index contributed by atoms with van der Waals surface area (Å²) in [5.74, 6) is -6.34. The largest absolute Gasteiger partial charge is 0.493 e. The molecule has 2 atom stereocenters. The van der Waals surface area contributed by atoms with Crippen molar-refractivity contribution in [1.82, 2.24) is 9.88 Å². The number of fused-ring (bicyclic) bond motifs is 1. The van der Waals surface area contributed by atoms with Gasteiger partial charge in [0.15, 0.2) is 0 Å². The molecule has 0 saturated carbocycles. The number of hydrogen-bond donors (Lipinski definition) is 3. The number of aryl methyl sites for hydroxylation is 1. The van der Waals surface area contributed by atoms with Crippen molar-refractivity contribution in [3.8, 4) is 16.9 Å². The van der Waals surface area contributed by atoms with Gasteiger partial charge < -0.3 is 25.0 Å². The molecule has 1 amide bonds. The summed E-state index contributed by atoms with van der Waals surface area (Å²) in [4.78, 5) is 38.0. The molecule has 1 aromatic heterocycles. The van der Waals surface area contributed by atoms with Gasteiger partial charge in [-0.1, -0.05) is 12.1 Å². The van der Waals surface area contributed by atoms with Crippen molar-refractivity contribution < 1.29 is 54.6 Å². The summed E-state index contributed by atoms with van der Waals surface area (Å²) in [5, 5.41) is 13.7. The molecule has 3 N–H and O–H groups in total. The van der Waals surface area contributed by atoms with E-state index < -0.39 is 82.3 Å². The molecule has 1 aliphatic rings. The highest BCUT2D eigenvalue weighted by molar-refractivity contribution is 5.97. The van der Waals surface area contributed by atoms with E-state index in [1.165, 1.54) is 26.1 Å². The van der Waals surface area contributed by atoms with E-state index in [-0.39, 0.29) is 41.2 Å². The van der Waals surface area contributed by atoms with Crippen molar-refractivity contribution in [2.75, 3.05) is 11.9 Å². The number of alkyl halides is 6. The van der Waals surface area contributed by atoms with Gasteiger partial charge in [0, 0.05) is 30.4 Å². The number of hydrogen-bond acceptors (Lipinski definition) is 5. The van der Waals surface area contributed by atoms with Crippen LogP contribution in [0.5, 0.6) is 5.75 Å². The van der Waals surface area contributed by atoms with Crippen LogP contribution in [-0.2, 0) is 30.9 Å². The second-order valence-corrected chi connectivity index (χ2v) is 10.8. The molecule has 46 heavy (non-hydrogen) atoms. The third-order valence-corrected chi connectivity index (χ3v) is 7.59. The van der Waals surface area contributed by atoms with Crippen molar-refractivity contribution in [2.24, 2.45) is 7.05 Å². The SMILES string of the molecule is Cc1cc(C(F)(F)F)c(-c2ccc(C[C@H](NC(=O)c3c(F)cc(N[C@H](C)C(F)(F)F)cc3F)C(=O)O)c3c2OCCC3)c(=O)n1C. The Hall–Kier alpha value is -4.63. The number of halogens is 8. The summed E-state index contributed by atoms with van der Waals surface area (Å²) in [6.45, 7) is 2.13. The molecule has 0 fully saturated rings. The number of carboxylic acids is 1. The fourth-order valence-electron chi connectivity index (χ4n) is 5.08. The second kappa shape index (κ2) is 12.6. The van der Waals surface area contributed by atoms with Gasteiger partial charge in [-0.15, -0.1) is 0 Å². The Bertz CT molecular complexity index is 1730. The van der Waals surface area contributed by atoms with Crippen LogP contribution in [0.1, 0.15) is 46.1 Å². The normalized spacial score (nSPS) is 14.6. The topological polar surface area (TPSA) is 110 Å². The number of rotatable bonds is 8. The third kappa shape index (κ3) is 6.94. The zero-order valence-electron chi connectivity index (χ0n) is 24.4. The number of aliphatic carboxylic acids is 1. The van der Waals surface area contributed by atoms with E-state index in [1.54, 1.807) is 0 Å². The van der Waals surface area contributed by atoms with Gasteiger partial charge in [0.2, 0.25) is 0 Å². The Kier molecular flexibility index (Phi) is 9.41. The summed E-state index contributed by atoms with van der Waals surface area (Å²) in [6, 6.07) is 0.192. The first-order valence-corrected chi connectivity index (χ1v) is 13.7. The standard InChI is InChI=1S/C30H27F8N3O5/c1-13-9-19(30(36,37)38)23(27(43)41(13)3)18-7-6-15(17-5-4-8-46-25(17)18)10-22(28(44)45)40-26(42)24-20(31)11-16(12-21(24)32)39-14(2)29(33,34)35/h6-7,9,11-12,14,22,39H,4-5,8,10H2,1-3H3,(H,40,42)(H,44,45)/t14-,22+/m1/s1. The summed E-state index contributed by atoms with van der Waals surface area (Å²) < 4.78 is 117. The number of ether oxygens (including phenoxy) is 1. The molecule has 248 valence electrons. The minimum Gasteiger partial charge on any atom is -0.493 e. The average Bonchev–Trinajstić information content (AvgIpc) is 2.94. The summed E-state index contributed by atoms with van der Waals surface area (Å²) in [6.07, 6.45) is -9.55. The lowest BCUT2D eigenvalue weighted by Gasteiger charge is -2.26. The number of pyridine rings is 1. The number of carboxylic acid groups (broad SMARTS) is 1. The fraction of sp³-hybridized carbons (Fsp3) is 0.367. The third-order valence-electron chi connectivity index (χ3n) is 7.59. The van der Waals surface area contributed by atoms with E-state index >= 15 is 0 Å². The molecule has 0 spiro atoms. The fourth-order valence-corrected chi connectivity index (χ4v) is 5.08. The van der Waals surface area contributed by atoms with Crippen LogP contribution in [0.15, 0.2) is 35.1 Å². The maximum Gasteiger partial charge on any atom is 0.417 e. The number of carbonyl (C=O) groups is 2. The molecule has 4 rings (SSSR count). The molecular weight excluding hydrogens is 634 g/mol. The van der Waals surface area contributed by atoms with E-state index in [0.29, 0.717) is 25.5 Å². The average molecular weight is 662 g/mol. The quantitative estimate of drug-likeness (QED) is 0.265. The Morgan fingerprint density at radius 3 is 2.26 bits per heavy atom. The first-order chi connectivity index (χ1) is 21.3. The summed E-state index contributed by atoms with van der Waals surface area (Å²) >= 11 is 0. The van der Waals surface area contributed by atoms with E-state index in [2.05, 4.69) is 0 Å². The number of amides is 1. The highest BCUT2D eigenvalue weighted by atomic mass is 19.4. The van der Waals surface area contributed by atoms with E-state index in [1.807, 2.05) is 10.6 Å². The van der Waals surface area contributed by atoms with E-state index in [0.717, 1.165) is 10.6 Å². The van der Waals surface area contributed by atoms with Crippen LogP contribution >= 0.6 is 0 Å². The van der Waals surface area contributed by atoms with Gasteiger partial charge in [-0.25, -0.2) is 13.6 Å². The smallest absolute Gasteiger partial charge is 0.417 e. The minimum absolute atomic E-state index is 0.0576. The lowest BCUT2D eigenvalue weighted by molar-refractivity contribution is -0.139. The van der Waals surface area contributed by atoms with Gasteiger partial charge in [-0.05, 0) is 56.0 Å². The summed E-state index contributed by atoms with van der Waals surface area (Å²) in [7, 11) is 1.31. The predicted molar refractivity (Wildman–Crippen MR) is 149 cm³/mol. The van der Waals surface area contributed by atoms with Crippen LogP contribution in [0.3, 0.4) is 0 Å². The number of nitrogens with one attached hydrogen (secondary N) is 2. The maximum atomic E-state index is 14.7. The molecule has 0 radical (unpaired) electrons. The van der Waals surface area contributed by atoms with Crippen molar-refractivity contribution in [1.29, 1.82) is 0 Å². The molecule has 0 unspecified atom stereocenters. The van der Waals surface area contributed by atoms with Crippen LogP contribution in [0.25, 0.3) is 11.1 Å². The first kappa shape index (κ1) is 34.2. The predicted octanol–water partition coefficient (Wildman–Crippen LogP) is 5.77. The molecule has 2 aromatic carbocycles. The zero-order chi connectivity index (χ0) is 34.3. The van der Waals surface area contributed by atoms with Gasteiger partial charge in [-0.3, -0.25) is 9.59 Å². The second-order valence-electron chi connectivity index (χ2n) is 10.8. The minimum atomic E-state index is -4.90. The summed E-state index contributed by atoms with van der Waals surface area (Å²) in [5.41, 5.74) is -4.26. The van der Waals surface area contributed by atoms with E-state index in [4.69, 9.17) is 4.74 Å². The van der Waals surface area contributed by atoms with Gasteiger partial charge in [0.05, 0.1) is 17.7 Å². The lowest BCUT2D eigenvalue weighted by atomic mass is 9.89. The molecule has 1 aliphatic heterocycles. The number of aromatic nitrogens is 1. The van der Waals surface area contributed by atoms with Crippen LogP contribution in [0.4, 0.5) is 40.8 Å². The Balaban J connectivity index is 1.69. The number of anilines is 1. The molecule has 3 aromatic rings. The van der Waals surface area contributed by atoms with Gasteiger partial charge in [0.25, 0.3) is 11.5 Å². The number of benzene rings is 2. The lowest BCUT2D eigenvalue weighted by Crippen LogP contribution is -2.43. The molecule has 0 aliphatic carbocycles. The first-order valence-electron chi connectivity index (χ1n) is 13.7. The van der Waals surface area contributed by atoms with Crippen molar-refractivity contribution >= 4 is 17.6 Å². The molecule has 8 nitrogen and oxygen atoms in total. The van der Waals surface area contributed by atoms with Crippen LogP contribution in [-0.4, -0.2) is 46.4 Å². The maximum absolute atomic E-state index is 14.7. The zero-order valence-corrected chi connectivity index (χ0v) is 24.4. The highest BCUT2D eigenvalue weighted by Crippen LogP contribution is 2.43. The number of nitrogens with zero attached hydrogens (tertiary/aromatic N) is 1. The van der Waals surface area contributed by atoms with Crippen LogP contribution < -0.4 is 20.9 Å². The van der Waals surface area contributed by atoms with Crippen LogP contribution in [0, 0.1) is 18.6 Å². The molecule has 0 bridgehead atoms. The Morgan fingerprint density at radius 2 is 1.70 bits per heavy atom. The monoisotopic (exact) mass is 661 g/mol. The van der Waals surface area contributed by atoms with Crippen LogP contribution in [0.2, 0.25) is 0 Å². The molecule has 2 heterocycles. The Labute approximate surface area is 256 Å². The van der Waals surface area contributed by atoms with Gasteiger partial charge >= 0.3 is 18.3 Å². The molecule has 0 saturated heterocycles. The van der Waals surface area contributed by atoms with Gasteiger partial charge in [0.1, 0.15) is 35.0 Å². The number of carbonyl (C=O) groups excluding carboxylic acids is 1. The Morgan fingerprint density at radius 1 is 1.07 bits per heavy atom. The van der Waals surface area contributed by atoms with Crippen molar-refractivity contribution in [2.45, 2.75) is 57.5 Å². The van der Waals surface area contributed by atoms with Crippen molar-refractivity contribution in [3.63, 3.8) is 0 Å². The molecular formula is C30H27F8N3O5. The van der Waals surface area contributed by atoms with Gasteiger partial charge in [-0.2, -0.15) is 26.3 Å². The molecule has 16 heteroatoms. The van der Waals surface area contributed by atoms with Crippen molar-refractivity contribution in [3.05, 3.63) is 80.3 Å².